The molecular formula is C15H21NO2. The van der Waals surface area contributed by atoms with Crippen LogP contribution in [-0.2, 0) is 11.2 Å². The van der Waals surface area contributed by atoms with E-state index in [1.54, 1.807) is 11.8 Å². The van der Waals surface area contributed by atoms with Gasteiger partial charge >= 0.3 is 0 Å². The molecule has 1 heterocycles. The van der Waals surface area contributed by atoms with E-state index in [1.807, 2.05) is 31.2 Å². The van der Waals surface area contributed by atoms with Crippen molar-refractivity contribution in [2.75, 3.05) is 13.1 Å². The van der Waals surface area contributed by atoms with E-state index in [4.69, 9.17) is 0 Å². The fourth-order valence-electron chi connectivity index (χ4n) is 2.52. The normalized spacial score (nSPS) is 24.1. The van der Waals surface area contributed by atoms with Crippen LogP contribution in [0.3, 0.4) is 0 Å². The first-order valence-corrected chi connectivity index (χ1v) is 6.53. The molecule has 1 unspecified atom stereocenters. The van der Waals surface area contributed by atoms with Crippen LogP contribution in [0, 0.1) is 6.92 Å². The smallest absolute Gasteiger partial charge is 0.227 e. The molecular weight excluding hydrogens is 226 g/mol. The second-order valence-electron chi connectivity index (χ2n) is 5.52. The number of hydrogen-bond donors (Lipinski definition) is 1. The largest absolute Gasteiger partial charge is 0.388 e. The number of aryl methyl sites for hydroxylation is 1. The summed E-state index contributed by atoms with van der Waals surface area (Å²) in [4.78, 5) is 14.0. The van der Waals surface area contributed by atoms with Crippen molar-refractivity contribution < 1.29 is 9.90 Å². The zero-order valence-corrected chi connectivity index (χ0v) is 11.1. The molecule has 0 radical (unpaired) electrons. The molecule has 1 amide bonds. The SMILES string of the molecule is Cc1ccccc1CC(=O)N1CCCC(C)(O)C1. The van der Waals surface area contributed by atoms with Gasteiger partial charge in [0.2, 0.25) is 5.91 Å². The van der Waals surface area contributed by atoms with Crippen molar-refractivity contribution in [1.29, 1.82) is 0 Å². The Kier molecular flexibility index (Phi) is 3.71. The minimum atomic E-state index is -0.723. The minimum absolute atomic E-state index is 0.115. The van der Waals surface area contributed by atoms with Crippen LogP contribution in [0.15, 0.2) is 24.3 Å². The monoisotopic (exact) mass is 247 g/mol. The molecule has 1 N–H and O–H groups in total. The highest BCUT2D eigenvalue weighted by atomic mass is 16.3. The number of aliphatic hydroxyl groups is 1. The van der Waals surface area contributed by atoms with E-state index in [2.05, 4.69) is 0 Å². The van der Waals surface area contributed by atoms with Crippen molar-refractivity contribution in [2.24, 2.45) is 0 Å². The average molecular weight is 247 g/mol. The Bertz CT molecular complexity index is 440. The van der Waals surface area contributed by atoms with Crippen LogP contribution in [0.25, 0.3) is 0 Å². The molecule has 1 aliphatic heterocycles. The van der Waals surface area contributed by atoms with Gasteiger partial charge in [-0.25, -0.2) is 0 Å². The summed E-state index contributed by atoms with van der Waals surface area (Å²) in [5.41, 5.74) is 1.50. The maximum absolute atomic E-state index is 12.2. The third kappa shape index (κ3) is 3.10. The molecule has 1 saturated heterocycles. The predicted octanol–water partition coefficient (Wildman–Crippen LogP) is 1.91. The van der Waals surface area contributed by atoms with Crippen molar-refractivity contribution in [1.82, 2.24) is 4.90 Å². The van der Waals surface area contributed by atoms with E-state index >= 15 is 0 Å². The molecule has 0 aromatic heterocycles. The van der Waals surface area contributed by atoms with Crippen LogP contribution < -0.4 is 0 Å². The molecule has 18 heavy (non-hydrogen) atoms. The summed E-state index contributed by atoms with van der Waals surface area (Å²) < 4.78 is 0. The number of piperidine rings is 1. The van der Waals surface area contributed by atoms with Crippen molar-refractivity contribution in [3.8, 4) is 0 Å². The summed E-state index contributed by atoms with van der Waals surface area (Å²) in [6, 6.07) is 7.96. The third-order valence-electron chi connectivity index (χ3n) is 3.63. The Morgan fingerprint density at radius 3 is 2.83 bits per heavy atom. The maximum atomic E-state index is 12.2. The van der Waals surface area contributed by atoms with Crippen LogP contribution in [-0.4, -0.2) is 34.6 Å². The van der Waals surface area contributed by atoms with Gasteiger partial charge in [0.05, 0.1) is 12.0 Å². The molecule has 1 aromatic carbocycles. The molecule has 1 aliphatic rings. The van der Waals surface area contributed by atoms with Gasteiger partial charge in [-0.1, -0.05) is 24.3 Å². The number of rotatable bonds is 2. The lowest BCUT2D eigenvalue weighted by Gasteiger charge is -2.37. The van der Waals surface area contributed by atoms with Gasteiger partial charge in [0.15, 0.2) is 0 Å². The van der Waals surface area contributed by atoms with Gasteiger partial charge in [0.1, 0.15) is 0 Å². The van der Waals surface area contributed by atoms with Gasteiger partial charge in [-0.3, -0.25) is 4.79 Å². The summed E-state index contributed by atoms with van der Waals surface area (Å²) in [5, 5.41) is 10.0. The number of hydrogen-bond acceptors (Lipinski definition) is 2. The van der Waals surface area contributed by atoms with Gasteiger partial charge in [-0.2, -0.15) is 0 Å². The van der Waals surface area contributed by atoms with Crippen LogP contribution >= 0.6 is 0 Å². The maximum Gasteiger partial charge on any atom is 0.227 e. The molecule has 1 aromatic rings. The zero-order chi connectivity index (χ0) is 13.2. The topological polar surface area (TPSA) is 40.5 Å². The first-order valence-electron chi connectivity index (χ1n) is 6.53. The molecule has 0 spiro atoms. The minimum Gasteiger partial charge on any atom is -0.388 e. The Morgan fingerprint density at radius 2 is 2.17 bits per heavy atom. The van der Waals surface area contributed by atoms with E-state index in [0.29, 0.717) is 13.0 Å². The van der Waals surface area contributed by atoms with Crippen molar-refractivity contribution >= 4 is 5.91 Å². The van der Waals surface area contributed by atoms with E-state index < -0.39 is 5.60 Å². The number of nitrogens with zero attached hydrogens (tertiary/aromatic N) is 1. The van der Waals surface area contributed by atoms with E-state index in [1.165, 1.54) is 0 Å². The predicted molar refractivity (Wildman–Crippen MR) is 71.3 cm³/mol. The van der Waals surface area contributed by atoms with Crippen molar-refractivity contribution in [3.05, 3.63) is 35.4 Å². The Balaban J connectivity index is 2.02. The number of likely N-dealkylation sites (tertiary alicyclic amines) is 1. The molecule has 1 atom stereocenters. The van der Waals surface area contributed by atoms with Gasteiger partial charge < -0.3 is 10.0 Å². The Hall–Kier alpha value is -1.35. The van der Waals surface area contributed by atoms with Crippen LogP contribution in [0.4, 0.5) is 0 Å². The molecule has 1 fully saturated rings. The lowest BCUT2D eigenvalue weighted by molar-refractivity contribution is -0.136. The summed E-state index contributed by atoms with van der Waals surface area (Å²) in [6.45, 7) is 5.05. The third-order valence-corrected chi connectivity index (χ3v) is 3.63. The molecule has 3 nitrogen and oxygen atoms in total. The standard InChI is InChI=1S/C15H21NO2/c1-12-6-3-4-7-13(12)10-14(17)16-9-5-8-15(2,18)11-16/h3-4,6-7,18H,5,8-11H2,1-2H3. The fraction of sp³-hybridized carbons (Fsp3) is 0.533. The molecule has 2 rings (SSSR count). The summed E-state index contributed by atoms with van der Waals surface area (Å²) >= 11 is 0. The fourth-order valence-corrected chi connectivity index (χ4v) is 2.52. The first kappa shape index (κ1) is 13.1. The van der Waals surface area contributed by atoms with Crippen molar-refractivity contribution in [3.63, 3.8) is 0 Å². The van der Waals surface area contributed by atoms with E-state index in [9.17, 15) is 9.90 Å². The zero-order valence-electron chi connectivity index (χ0n) is 11.1. The number of benzene rings is 1. The van der Waals surface area contributed by atoms with Gasteiger partial charge in [-0.15, -0.1) is 0 Å². The van der Waals surface area contributed by atoms with Crippen LogP contribution in [0.2, 0.25) is 0 Å². The van der Waals surface area contributed by atoms with Gasteiger partial charge in [0.25, 0.3) is 0 Å². The quantitative estimate of drug-likeness (QED) is 0.867. The van der Waals surface area contributed by atoms with Crippen molar-refractivity contribution in [2.45, 2.75) is 38.7 Å². The number of amides is 1. The number of β-amino-alcohol motifs (C(OH)–C–C–N with tert-alkyl or cyclic N) is 1. The highest BCUT2D eigenvalue weighted by molar-refractivity contribution is 5.79. The summed E-state index contributed by atoms with van der Waals surface area (Å²) in [7, 11) is 0. The Labute approximate surface area is 108 Å². The van der Waals surface area contributed by atoms with E-state index in [0.717, 1.165) is 30.5 Å². The van der Waals surface area contributed by atoms with Crippen LogP contribution in [0.1, 0.15) is 30.9 Å². The average Bonchev–Trinajstić information content (AvgIpc) is 2.31. The summed E-state index contributed by atoms with van der Waals surface area (Å²) in [5.74, 6) is 0.115. The molecule has 98 valence electrons. The lowest BCUT2D eigenvalue weighted by Crippen LogP contribution is -2.49. The first-order chi connectivity index (χ1) is 8.48. The molecule has 0 saturated carbocycles. The Morgan fingerprint density at radius 1 is 1.44 bits per heavy atom. The summed E-state index contributed by atoms with van der Waals surface area (Å²) in [6.07, 6.45) is 2.09. The molecule has 3 heteroatoms. The molecule has 0 aliphatic carbocycles. The highest BCUT2D eigenvalue weighted by Gasteiger charge is 2.30. The molecule has 0 bridgehead atoms. The number of carbonyl (C=O) groups is 1. The van der Waals surface area contributed by atoms with Gasteiger partial charge in [0, 0.05) is 13.1 Å². The highest BCUT2D eigenvalue weighted by Crippen LogP contribution is 2.21. The second kappa shape index (κ2) is 5.11. The van der Waals surface area contributed by atoms with Crippen LogP contribution in [0.5, 0.6) is 0 Å². The van der Waals surface area contributed by atoms with Gasteiger partial charge in [-0.05, 0) is 37.8 Å². The van der Waals surface area contributed by atoms with E-state index in [-0.39, 0.29) is 5.91 Å². The lowest BCUT2D eigenvalue weighted by atomic mass is 9.94. The number of carbonyl (C=O) groups excluding carboxylic acids is 1. The second-order valence-corrected chi connectivity index (χ2v) is 5.52.